The zero-order chi connectivity index (χ0) is 12.2. The van der Waals surface area contributed by atoms with Crippen molar-refractivity contribution in [1.29, 1.82) is 5.26 Å². The lowest BCUT2D eigenvalue weighted by molar-refractivity contribution is 0.436. The van der Waals surface area contributed by atoms with Gasteiger partial charge in [0.05, 0.1) is 6.07 Å². The third-order valence-corrected chi connectivity index (χ3v) is 6.61. The summed E-state index contributed by atoms with van der Waals surface area (Å²) in [5, 5.41) is 10.2. The van der Waals surface area contributed by atoms with E-state index in [0.717, 1.165) is 0 Å². The molecule has 88 valence electrons. The van der Waals surface area contributed by atoms with Gasteiger partial charge in [-0.15, -0.1) is 11.3 Å². The van der Waals surface area contributed by atoms with Gasteiger partial charge in [-0.1, -0.05) is 6.92 Å². The van der Waals surface area contributed by atoms with Gasteiger partial charge in [-0.2, -0.15) is 9.57 Å². The van der Waals surface area contributed by atoms with Gasteiger partial charge in [0.2, 0.25) is 0 Å². The standard InChI is InChI=1S/C9H11BrN2O2S2/c1-2-12(6-3-5-11)16(13,14)9-8(10)4-7-15-9/h4,7H,2-3,6H2,1H3. The molecule has 1 heterocycles. The molecular weight excluding hydrogens is 312 g/mol. The lowest BCUT2D eigenvalue weighted by Crippen LogP contribution is -2.31. The molecule has 0 aliphatic carbocycles. The highest BCUT2D eigenvalue weighted by atomic mass is 79.9. The highest BCUT2D eigenvalue weighted by Gasteiger charge is 2.26. The fourth-order valence-electron chi connectivity index (χ4n) is 1.20. The third-order valence-electron chi connectivity index (χ3n) is 1.98. The molecule has 4 nitrogen and oxygen atoms in total. The van der Waals surface area contributed by atoms with Gasteiger partial charge in [0.15, 0.2) is 0 Å². The third kappa shape index (κ3) is 2.83. The van der Waals surface area contributed by atoms with E-state index in [2.05, 4.69) is 15.9 Å². The number of nitrogens with zero attached hydrogens (tertiary/aromatic N) is 2. The highest BCUT2D eigenvalue weighted by molar-refractivity contribution is 9.10. The summed E-state index contributed by atoms with van der Waals surface area (Å²) >= 11 is 4.38. The SMILES string of the molecule is CCN(CCC#N)S(=O)(=O)c1sccc1Br. The van der Waals surface area contributed by atoms with Crippen LogP contribution in [0.1, 0.15) is 13.3 Å². The predicted molar refractivity (Wildman–Crippen MR) is 66.7 cm³/mol. The van der Waals surface area contributed by atoms with Gasteiger partial charge >= 0.3 is 0 Å². The molecule has 7 heteroatoms. The monoisotopic (exact) mass is 322 g/mol. The quantitative estimate of drug-likeness (QED) is 0.836. The van der Waals surface area contributed by atoms with Crippen LogP contribution in [0.4, 0.5) is 0 Å². The van der Waals surface area contributed by atoms with Crippen LogP contribution in [0.15, 0.2) is 20.1 Å². The summed E-state index contributed by atoms with van der Waals surface area (Å²) in [5.41, 5.74) is 0. The number of hydrogen-bond donors (Lipinski definition) is 0. The minimum Gasteiger partial charge on any atom is -0.206 e. The number of thiophene rings is 1. The van der Waals surface area contributed by atoms with E-state index >= 15 is 0 Å². The summed E-state index contributed by atoms with van der Waals surface area (Å²) in [7, 11) is -3.46. The van der Waals surface area contributed by atoms with E-state index in [0.29, 0.717) is 15.2 Å². The molecule has 1 aromatic rings. The molecule has 16 heavy (non-hydrogen) atoms. The van der Waals surface area contributed by atoms with E-state index in [1.165, 1.54) is 15.6 Å². The summed E-state index contributed by atoms with van der Waals surface area (Å²) in [5.74, 6) is 0. The smallest absolute Gasteiger partial charge is 0.206 e. The summed E-state index contributed by atoms with van der Waals surface area (Å²) in [6, 6.07) is 3.65. The van der Waals surface area contributed by atoms with Crippen LogP contribution in [0, 0.1) is 11.3 Å². The second-order valence-electron chi connectivity index (χ2n) is 2.96. The largest absolute Gasteiger partial charge is 0.253 e. The minimum atomic E-state index is -3.46. The predicted octanol–water partition coefficient (Wildman–Crippen LogP) is 2.43. The van der Waals surface area contributed by atoms with Gasteiger partial charge in [-0.3, -0.25) is 0 Å². The van der Waals surface area contributed by atoms with Gasteiger partial charge in [-0.25, -0.2) is 8.42 Å². The highest BCUT2D eigenvalue weighted by Crippen LogP contribution is 2.30. The topological polar surface area (TPSA) is 61.2 Å². The summed E-state index contributed by atoms with van der Waals surface area (Å²) in [6.07, 6.45) is 0.204. The van der Waals surface area contributed by atoms with Crippen molar-refractivity contribution in [1.82, 2.24) is 4.31 Å². The van der Waals surface area contributed by atoms with Crippen LogP contribution in [-0.2, 0) is 10.0 Å². The van der Waals surface area contributed by atoms with Crippen LogP contribution in [0.5, 0.6) is 0 Å². The zero-order valence-electron chi connectivity index (χ0n) is 8.68. The average Bonchev–Trinajstić information content (AvgIpc) is 2.66. The maximum absolute atomic E-state index is 12.1. The van der Waals surface area contributed by atoms with Gasteiger partial charge in [-0.05, 0) is 27.4 Å². The van der Waals surface area contributed by atoms with E-state index in [9.17, 15) is 8.42 Å². The van der Waals surface area contributed by atoms with E-state index in [4.69, 9.17) is 5.26 Å². The Labute approximate surface area is 108 Å². The van der Waals surface area contributed by atoms with Gasteiger partial charge in [0.1, 0.15) is 4.21 Å². The molecule has 1 rings (SSSR count). The van der Waals surface area contributed by atoms with Crippen molar-refractivity contribution in [2.75, 3.05) is 13.1 Å². The first-order valence-electron chi connectivity index (χ1n) is 4.64. The molecular formula is C9H11BrN2O2S2. The molecule has 0 aliphatic rings. The second-order valence-corrected chi connectivity index (χ2v) is 6.86. The maximum Gasteiger partial charge on any atom is 0.253 e. The van der Waals surface area contributed by atoms with Crippen LogP contribution in [0.2, 0.25) is 0 Å². The Hall–Kier alpha value is -0.420. The summed E-state index contributed by atoms with van der Waals surface area (Å²) < 4.78 is 26.5. The molecule has 0 spiro atoms. The Morgan fingerprint density at radius 2 is 2.31 bits per heavy atom. The van der Waals surface area contributed by atoms with Crippen molar-refractivity contribution in [2.24, 2.45) is 0 Å². The molecule has 0 N–H and O–H groups in total. The molecule has 0 fully saturated rings. The first kappa shape index (κ1) is 13.6. The molecule has 0 unspecified atom stereocenters. The zero-order valence-corrected chi connectivity index (χ0v) is 11.9. The van der Waals surface area contributed by atoms with E-state index in [1.54, 1.807) is 18.4 Å². The van der Waals surface area contributed by atoms with E-state index in [1.807, 2.05) is 6.07 Å². The maximum atomic E-state index is 12.1. The Morgan fingerprint density at radius 1 is 1.62 bits per heavy atom. The van der Waals surface area contributed by atoms with E-state index < -0.39 is 10.0 Å². The van der Waals surface area contributed by atoms with Crippen molar-refractivity contribution in [3.63, 3.8) is 0 Å². The Morgan fingerprint density at radius 3 is 2.75 bits per heavy atom. The number of rotatable bonds is 5. The van der Waals surface area contributed by atoms with Gasteiger partial charge in [0, 0.05) is 24.0 Å². The fraction of sp³-hybridized carbons (Fsp3) is 0.444. The molecule has 0 atom stereocenters. The molecule has 0 amide bonds. The van der Waals surface area contributed by atoms with Gasteiger partial charge in [0.25, 0.3) is 10.0 Å². The number of sulfonamides is 1. The van der Waals surface area contributed by atoms with Crippen molar-refractivity contribution in [3.8, 4) is 6.07 Å². The average molecular weight is 323 g/mol. The molecule has 0 aliphatic heterocycles. The first-order valence-corrected chi connectivity index (χ1v) is 7.75. The Balaban J connectivity index is 3.01. The summed E-state index contributed by atoms with van der Waals surface area (Å²) in [4.78, 5) is 0. The van der Waals surface area contributed by atoms with Gasteiger partial charge < -0.3 is 0 Å². The molecule has 0 bridgehead atoms. The van der Waals surface area contributed by atoms with Crippen LogP contribution < -0.4 is 0 Å². The molecule has 1 aromatic heterocycles. The molecule has 0 aromatic carbocycles. The lowest BCUT2D eigenvalue weighted by Gasteiger charge is -2.18. The van der Waals surface area contributed by atoms with Crippen LogP contribution in [0.25, 0.3) is 0 Å². The van der Waals surface area contributed by atoms with Crippen LogP contribution >= 0.6 is 27.3 Å². The second kappa shape index (κ2) is 5.77. The molecule has 0 saturated heterocycles. The molecule has 0 saturated carbocycles. The number of halogens is 1. The van der Waals surface area contributed by atoms with Crippen molar-refractivity contribution < 1.29 is 8.42 Å². The van der Waals surface area contributed by atoms with Crippen molar-refractivity contribution >= 4 is 37.3 Å². The van der Waals surface area contributed by atoms with E-state index in [-0.39, 0.29) is 13.0 Å². The van der Waals surface area contributed by atoms with Crippen molar-refractivity contribution in [3.05, 3.63) is 15.9 Å². The minimum absolute atomic E-state index is 0.204. The number of nitriles is 1. The Bertz CT molecular complexity index is 490. The van der Waals surface area contributed by atoms with Crippen LogP contribution in [0.3, 0.4) is 0 Å². The van der Waals surface area contributed by atoms with Crippen LogP contribution in [-0.4, -0.2) is 25.8 Å². The first-order chi connectivity index (χ1) is 7.54. The summed E-state index contributed by atoms with van der Waals surface area (Å²) in [6.45, 7) is 2.37. The lowest BCUT2D eigenvalue weighted by atomic mass is 10.5. The Kier molecular flexibility index (Phi) is 4.92. The van der Waals surface area contributed by atoms with Crippen molar-refractivity contribution in [2.45, 2.75) is 17.6 Å². The normalized spacial score (nSPS) is 11.6. The molecule has 0 radical (unpaired) electrons. The number of hydrogen-bond acceptors (Lipinski definition) is 4. The fourth-order valence-corrected chi connectivity index (χ4v) is 5.10.